The number of carbonyl (C=O) groups excluding carboxylic acids is 2. The maximum absolute atomic E-state index is 12.8. The zero-order valence-electron chi connectivity index (χ0n) is 19.5. The molecule has 0 bridgehead atoms. The molecule has 0 aliphatic heterocycles. The Bertz CT molecular complexity index is 1360. The molecule has 4 rings (SSSR count). The van der Waals surface area contributed by atoms with Gasteiger partial charge in [0.15, 0.2) is 0 Å². The van der Waals surface area contributed by atoms with E-state index in [0.29, 0.717) is 38.4 Å². The van der Waals surface area contributed by atoms with Crippen LogP contribution in [0.4, 0.5) is 0 Å². The average Bonchev–Trinajstić information content (AvgIpc) is 2.92. The molecule has 0 saturated heterocycles. The summed E-state index contributed by atoms with van der Waals surface area (Å²) in [4.78, 5) is 25.1. The van der Waals surface area contributed by atoms with Crippen LogP contribution in [0.15, 0.2) is 107 Å². The molecule has 0 aliphatic carbocycles. The summed E-state index contributed by atoms with van der Waals surface area (Å²) in [5.41, 5.74) is 3.49. The highest BCUT2D eigenvalue weighted by atomic mass is 79.9. The van der Waals surface area contributed by atoms with E-state index in [1.54, 1.807) is 97.1 Å². The van der Waals surface area contributed by atoms with Crippen molar-refractivity contribution in [3.05, 3.63) is 123 Å². The summed E-state index contributed by atoms with van der Waals surface area (Å²) < 4.78 is 17.7. The molecule has 0 fully saturated rings. The van der Waals surface area contributed by atoms with Crippen LogP contribution < -0.4 is 19.6 Å². The first-order valence-electron chi connectivity index (χ1n) is 11.1. The van der Waals surface area contributed by atoms with Crippen molar-refractivity contribution in [1.29, 1.82) is 0 Å². The molecule has 0 aromatic heterocycles. The molecule has 4 aromatic carbocycles. The second-order valence-electron chi connectivity index (χ2n) is 7.68. The number of hydrogen-bond donors (Lipinski definition) is 1. The first-order chi connectivity index (χ1) is 18.4. The van der Waals surface area contributed by atoms with E-state index in [0.717, 1.165) is 4.47 Å². The number of hydrazone groups is 1. The molecule has 7 nitrogen and oxygen atoms in total. The van der Waals surface area contributed by atoms with Crippen molar-refractivity contribution < 1.29 is 23.8 Å². The second-order valence-corrected chi connectivity index (χ2v) is 9.46. The number of rotatable bonds is 9. The van der Waals surface area contributed by atoms with Gasteiger partial charge in [0.1, 0.15) is 17.2 Å². The Morgan fingerprint density at radius 3 is 1.76 bits per heavy atom. The minimum Gasteiger partial charge on any atom is -0.446 e. The molecule has 4 aromatic rings. The van der Waals surface area contributed by atoms with Crippen molar-refractivity contribution in [3.8, 4) is 17.2 Å². The molecule has 0 aliphatic rings. The third-order valence-electron chi connectivity index (χ3n) is 4.89. The summed E-state index contributed by atoms with van der Waals surface area (Å²) in [6.07, 6.45) is 0.0785. The Morgan fingerprint density at radius 1 is 0.737 bits per heavy atom. The lowest BCUT2D eigenvalue weighted by Crippen LogP contribution is -2.40. The Labute approximate surface area is 237 Å². The maximum atomic E-state index is 12.8. The first kappa shape index (κ1) is 27.2. The predicted molar refractivity (Wildman–Crippen MR) is 149 cm³/mol. The molecule has 0 spiro atoms. The lowest BCUT2D eigenvalue weighted by atomic mass is 10.2. The Morgan fingerprint density at radius 2 is 1.24 bits per heavy atom. The van der Waals surface area contributed by atoms with Crippen molar-refractivity contribution in [3.63, 3.8) is 0 Å². The van der Waals surface area contributed by atoms with E-state index in [9.17, 15) is 9.59 Å². The zero-order valence-corrected chi connectivity index (χ0v) is 22.6. The molecular formula is C28H19BrCl2N2O5. The highest BCUT2D eigenvalue weighted by Gasteiger charge is 2.22. The van der Waals surface area contributed by atoms with Crippen LogP contribution in [-0.2, 0) is 4.79 Å². The quantitative estimate of drug-likeness (QED) is 0.0729. The van der Waals surface area contributed by atoms with E-state index in [-0.39, 0.29) is 0 Å². The smallest absolute Gasteiger partial charge is 0.343 e. The summed E-state index contributed by atoms with van der Waals surface area (Å²) in [6.45, 7) is 0. The van der Waals surface area contributed by atoms with E-state index >= 15 is 0 Å². The number of nitrogens with zero attached hydrogens (tertiary/aromatic N) is 1. The average molecular weight is 614 g/mol. The fraction of sp³-hybridized carbons (Fsp3) is 0.0357. The molecule has 0 saturated carbocycles. The molecular weight excluding hydrogens is 595 g/mol. The van der Waals surface area contributed by atoms with Gasteiger partial charge in [-0.3, -0.25) is 4.79 Å². The van der Waals surface area contributed by atoms with Crippen LogP contribution >= 0.6 is 39.1 Å². The number of benzene rings is 4. The van der Waals surface area contributed by atoms with Gasteiger partial charge >= 0.3 is 18.2 Å². The standard InChI is InChI=1S/C28H19BrCl2N2O5/c29-20-5-3-19(4-6-20)27(35)36-23-11-1-18(2-12-23)17-32-33-26(34)28(37-24-13-7-21(30)8-14-24)38-25-15-9-22(31)10-16-25/h1-17,28H,(H,33,34)/b32-17+. The third kappa shape index (κ3) is 8.08. The van der Waals surface area contributed by atoms with Gasteiger partial charge in [0, 0.05) is 14.5 Å². The number of ether oxygens (including phenoxy) is 3. The first-order valence-corrected chi connectivity index (χ1v) is 12.7. The van der Waals surface area contributed by atoms with Crippen molar-refractivity contribution >= 4 is 57.2 Å². The lowest BCUT2D eigenvalue weighted by molar-refractivity contribution is -0.140. The van der Waals surface area contributed by atoms with E-state index < -0.39 is 18.2 Å². The van der Waals surface area contributed by atoms with Gasteiger partial charge in [0.25, 0.3) is 0 Å². The number of hydrogen-bond acceptors (Lipinski definition) is 6. The number of carbonyl (C=O) groups is 2. The SMILES string of the molecule is O=C(Oc1ccc(/C=N/NC(=O)C(Oc2ccc(Cl)cc2)Oc2ccc(Cl)cc2)cc1)c1ccc(Br)cc1. The van der Waals surface area contributed by atoms with Crippen molar-refractivity contribution in [2.45, 2.75) is 6.29 Å². The summed E-state index contributed by atoms with van der Waals surface area (Å²) in [5, 5.41) is 5.03. The molecule has 192 valence electrons. The molecule has 10 heteroatoms. The molecule has 0 heterocycles. The maximum Gasteiger partial charge on any atom is 0.343 e. The van der Waals surface area contributed by atoms with Crippen molar-refractivity contribution in [2.75, 3.05) is 0 Å². The summed E-state index contributed by atoms with van der Waals surface area (Å²) in [6, 6.07) is 26.4. The normalized spacial score (nSPS) is 10.8. The van der Waals surface area contributed by atoms with Crippen LogP contribution in [0.5, 0.6) is 17.2 Å². The fourth-order valence-electron chi connectivity index (χ4n) is 3.00. The molecule has 1 N–H and O–H groups in total. The van der Waals surface area contributed by atoms with Gasteiger partial charge in [-0.25, -0.2) is 10.2 Å². The Balaban J connectivity index is 1.37. The summed E-state index contributed by atoms with van der Waals surface area (Å²) in [7, 11) is 0. The van der Waals surface area contributed by atoms with Crippen LogP contribution in [0.2, 0.25) is 10.0 Å². The van der Waals surface area contributed by atoms with E-state index in [4.69, 9.17) is 37.4 Å². The molecule has 0 radical (unpaired) electrons. The van der Waals surface area contributed by atoms with Gasteiger partial charge in [-0.1, -0.05) is 39.1 Å². The van der Waals surface area contributed by atoms with Gasteiger partial charge in [-0.2, -0.15) is 5.10 Å². The van der Waals surface area contributed by atoms with Gasteiger partial charge < -0.3 is 14.2 Å². The van der Waals surface area contributed by atoms with Crippen molar-refractivity contribution in [2.24, 2.45) is 5.10 Å². The minimum atomic E-state index is -1.35. The summed E-state index contributed by atoms with van der Waals surface area (Å²) in [5.74, 6) is -0.00164. The van der Waals surface area contributed by atoms with Crippen LogP contribution in [0, 0.1) is 0 Å². The molecule has 0 atom stereocenters. The predicted octanol–water partition coefficient (Wildman–Crippen LogP) is 6.91. The van der Waals surface area contributed by atoms with Gasteiger partial charge in [-0.15, -0.1) is 0 Å². The van der Waals surface area contributed by atoms with E-state index in [1.165, 1.54) is 6.21 Å². The van der Waals surface area contributed by atoms with Crippen LogP contribution in [-0.4, -0.2) is 24.4 Å². The monoisotopic (exact) mass is 612 g/mol. The van der Waals surface area contributed by atoms with E-state index in [2.05, 4.69) is 26.5 Å². The Kier molecular flexibility index (Phi) is 9.37. The summed E-state index contributed by atoms with van der Waals surface area (Å²) >= 11 is 15.2. The number of halogens is 3. The van der Waals surface area contributed by atoms with Gasteiger partial charge in [0.05, 0.1) is 11.8 Å². The van der Waals surface area contributed by atoms with Crippen LogP contribution in [0.25, 0.3) is 0 Å². The number of esters is 1. The highest BCUT2D eigenvalue weighted by molar-refractivity contribution is 9.10. The van der Waals surface area contributed by atoms with Crippen LogP contribution in [0.1, 0.15) is 15.9 Å². The molecule has 1 amide bonds. The van der Waals surface area contributed by atoms with E-state index in [1.807, 2.05) is 0 Å². The molecule has 0 unspecified atom stereocenters. The van der Waals surface area contributed by atoms with Crippen molar-refractivity contribution in [1.82, 2.24) is 5.43 Å². The topological polar surface area (TPSA) is 86.2 Å². The second kappa shape index (κ2) is 13.1. The third-order valence-corrected chi connectivity index (χ3v) is 5.92. The number of amides is 1. The Hall–Kier alpha value is -3.85. The lowest BCUT2D eigenvalue weighted by Gasteiger charge is -2.19. The van der Waals surface area contributed by atoms with Gasteiger partial charge in [0.2, 0.25) is 0 Å². The van der Waals surface area contributed by atoms with Gasteiger partial charge in [-0.05, 0) is 103 Å². The largest absolute Gasteiger partial charge is 0.446 e. The number of nitrogens with one attached hydrogen (secondary N) is 1. The zero-order chi connectivity index (χ0) is 26.9. The highest BCUT2D eigenvalue weighted by Crippen LogP contribution is 2.21. The van der Waals surface area contributed by atoms with Crippen LogP contribution in [0.3, 0.4) is 0 Å². The molecule has 38 heavy (non-hydrogen) atoms. The fourth-order valence-corrected chi connectivity index (χ4v) is 3.52. The minimum absolute atomic E-state index is 0.367.